The maximum Gasteiger partial charge on any atom is 0.225 e. The van der Waals surface area contributed by atoms with Gasteiger partial charge in [-0.15, -0.1) is 0 Å². The molecule has 0 N–H and O–H groups in total. The Kier molecular flexibility index (Phi) is 5.72. The number of hydrogen-bond acceptors (Lipinski definition) is 4. The van der Waals surface area contributed by atoms with Crippen LogP contribution in [0, 0.1) is 11.8 Å². The third-order valence-corrected chi connectivity index (χ3v) is 6.67. The molecule has 1 aliphatic carbocycles. The Bertz CT molecular complexity index is 695. The molecule has 0 bridgehead atoms. The van der Waals surface area contributed by atoms with Crippen LogP contribution in [0.4, 0.5) is 5.69 Å². The zero-order valence-corrected chi connectivity index (χ0v) is 17.3. The van der Waals surface area contributed by atoms with Gasteiger partial charge in [0.1, 0.15) is 0 Å². The van der Waals surface area contributed by atoms with Crippen molar-refractivity contribution in [2.45, 2.75) is 45.6 Å². The Morgan fingerprint density at radius 3 is 1.96 bits per heavy atom. The van der Waals surface area contributed by atoms with Crippen LogP contribution in [0.5, 0.6) is 0 Å². The molecule has 0 unspecified atom stereocenters. The molecule has 2 saturated heterocycles. The minimum absolute atomic E-state index is 0.164. The third kappa shape index (κ3) is 4.24. The van der Waals surface area contributed by atoms with Gasteiger partial charge < -0.3 is 9.80 Å². The van der Waals surface area contributed by atoms with Gasteiger partial charge in [-0.1, -0.05) is 0 Å². The van der Waals surface area contributed by atoms with Crippen molar-refractivity contribution in [2.75, 3.05) is 44.2 Å². The van der Waals surface area contributed by atoms with Crippen LogP contribution >= 0.6 is 0 Å². The summed E-state index contributed by atoms with van der Waals surface area (Å²) in [7, 11) is 0. The van der Waals surface area contributed by atoms with Gasteiger partial charge in [0.05, 0.1) is 0 Å². The highest BCUT2D eigenvalue weighted by atomic mass is 16.2. The first-order valence-corrected chi connectivity index (χ1v) is 10.9. The Hall–Kier alpha value is -1.88. The predicted molar refractivity (Wildman–Crippen MR) is 112 cm³/mol. The molecule has 2 aliphatic heterocycles. The van der Waals surface area contributed by atoms with Crippen LogP contribution in [0.1, 0.15) is 49.9 Å². The van der Waals surface area contributed by atoms with Crippen molar-refractivity contribution in [1.29, 1.82) is 0 Å². The SMILES string of the molecule is CC(C)N1CCN(C(=O)C2CCN(c3ccc(C(=O)C4CC4)cc3)CC2)CC1. The van der Waals surface area contributed by atoms with E-state index in [0.29, 0.717) is 17.7 Å². The van der Waals surface area contributed by atoms with Crippen molar-refractivity contribution >= 4 is 17.4 Å². The molecule has 3 fully saturated rings. The van der Waals surface area contributed by atoms with Crippen molar-refractivity contribution < 1.29 is 9.59 Å². The van der Waals surface area contributed by atoms with E-state index in [0.717, 1.165) is 70.5 Å². The number of anilines is 1. The Labute approximate surface area is 168 Å². The Morgan fingerprint density at radius 2 is 1.43 bits per heavy atom. The number of amides is 1. The second kappa shape index (κ2) is 8.24. The zero-order valence-electron chi connectivity index (χ0n) is 17.3. The van der Waals surface area contributed by atoms with Gasteiger partial charge in [-0.3, -0.25) is 14.5 Å². The summed E-state index contributed by atoms with van der Waals surface area (Å²) in [5.41, 5.74) is 2.01. The lowest BCUT2D eigenvalue weighted by Gasteiger charge is -2.40. The maximum atomic E-state index is 12.9. The van der Waals surface area contributed by atoms with Gasteiger partial charge in [-0.2, -0.15) is 0 Å². The molecule has 28 heavy (non-hydrogen) atoms. The fraction of sp³-hybridized carbons (Fsp3) is 0.652. The van der Waals surface area contributed by atoms with Gasteiger partial charge >= 0.3 is 0 Å². The van der Waals surface area contributed by atoms with Gasteiger partial charge in [-0.05, 0) is 63.8 Å². The molecule has 4 rings (SSSR count). The van der Waals surface area contributed by atoms with E-state index in [9.17, 15) is 9.59 Å². The molecule has 0 atom stereocenters. The summed E-state index contributed by atoms with van der Waals surface area (Å²) in [6.07, 6.45) is 3.95. The lowest BCUT2D eigenvalue weighted by Crippen LogP contribution is -2.53. The molecule has 1 aromatic carbocycles. The van der Waals surface area contributed by atoms with Gasteiger partial charge in [0.2, 0.25) is 5.91 Å². The van der Waals surface area contributed by atoms with Crippen LogP contribution in [0.3, 0.4) is 0 Å². The average Bonchev–Trinajstić information content (AvgIpc) is 3.58. The van der Waals surface area contributed by atoms with E-state index in [1.54, 1.807) is 0 Å². The number of rotatable bonds is 5. The molecule has 0 radical (unpaired) electrons. The molecule has 0 spiro atoms. The van der Waals surface area contributed by atoms with Crippen molar-refractivity contribution in [1.82, 2.24) is 9.80 Å². The topological polar surface area (TPSA) is 43.9 Å². The molecular formula is C23H33N3O2. The highest BCUT2D eigenvalue weighted by molar-refractivity contribution is 5.99. The molecule has 5 heteroatoms. The molecule has 3 aliphatic rings. The number of ketones is 1. The second-order valence-corrected chi connectivity index (χ2v) is 8.90. The average molecular weight is 384 g/mol. The lowest BCUT2D eigenvalue weighted by molar-refractivity contribution is -0.138. The zero-order chi connectivity index (χ0) is 19.7. The molecule has 1 saturated carbocycles. The molecule has 152 valence electrons. The first-order chi connectivity index (χ1) is 13.5. The number of benzene rings is 1. The number of nitrogens with zero attached hydrogens (tertiary/aromatic N) is 3. The lowest BCUT2D eigenvalue weighted by atomic mass is 9.94. The van der Waals surface area contributed by atoms with Crippen LogP contribution in [-0.4, -0.2) is 66.8 Å². The summed E-state index contributed by atoms with van der Waals surface area (Å²) < 4.78 is 0. The first-order valence-electron chi connectivity index (χ1n) is 10.9. The van der Waals surface area contributed by atoms with Crippen LogP contribution in [0.15, 0.2) is 24.3 Å². The van der Waals surface area contributed by atoms with Crippen molar-refractivity contribution in [3.05, 3.63) is 29.8 Å². The summed E-state index contributed by atoms with van der Waals surface area (Å²) in [6.45, 7) is 10.0. The number of carbonyl (C=O) groups is 2. The van der Waals surface area contributed by atoms with E-state index in [-0.39, 0.29) is 11.8 Å². The fourth-order valence-corrected chi connectivity index (χ4v) is 4.52. The van der Waals surface area contributed by atoms with E-state index in [2.05, 4.69) is 40.7 Å². The molecule has 1 amide bonds. The smallest absolute Gasteiger partial charge is 0.225 e. The summed E-state index contributed by atoms with van der Waals surface area (Å²) in [4.78, 5) is 32.0. The minimum Gasteiger partial charge on any atom is -0.371 e. The van der Waals surface area contributed by atoms with E-state index < -0.39 is 0 Å². The molecule has 5 nitrogen and oxygen atoms in total. The van der Waals surface area contributed by atoms with Gasteiger partial charge in [0.25, 0.3) is 0 Å². The summed E-state index contributed by atoms with van der Waals surface area (Å²) in [6, 6.07) is 8.65. The minimum atomic E-state index is 0.164. The van der Waals surface area contributed by atoms with E-state index in [1.807, 2.05) is 12.1 Å². The number of Topliss-reactive ketones (excluding diaryl/α,β-unsaturated/α-hetero) is 1. The maximum absolute atomic E-state index is 12.9. The van der Waals surface area contributed by atoms with Crippen LogP contribution in [0.2, 0.25) is 0 Å². The van der Waals surface area contributed by atoms with E-state index in [1.165, 1.54) is 5.69 Å². The number of carbonyl (C=O) groups excluding carboxylic acids is 2. The summed E-state index contributed by atoms with van der Waals surface area (Å²) in [5, 5.41) is 0. The van der Waals surface area contributed by atoms with Crippen molar-refractivity contribution in [3.63, 3.8) is 0 Å². The quantitative estimate of drug-likeness (QED) is 0.733. The fourth-order valence-electron chi connectivity index (χ4n) is 4.52. The van der Waals surface area contributed by atoms with Crippen LogP contribution in [-0.2, 0) is 4.79 Å². The van der Waals surface area contributed by atoms with Crippen molar-refractivity contribution in [3.8, 4) is 0 Å². The Morgan fingerprint density at radius 1 is 0.821 bits per heavy atom. The second-order valence-electron chi connectivity index (χ2n) is 8.90. The molecule has 1 aromatic rings. The number of hydrogen-bond donors (Lipinski definition) is 0. The van der Waals surface area contributed by atoms with Gasteiger partial charge in [-0.25, -0.2) is 0 Å². The summed E-state index contributed by atoms with van der Waals surface area (Å²) in [5.74, 6) is 1.09. The Balaban J connectivity index is 1.27. The number of piperidine rings is 1. The molecule has 0 aromatic heterocycles. The van der Waals surface area contributed by atoms with Crippen LogP contribution in [0.25, 0.3) is 0 Å². The predicted octanol–water partition coefficient (Wildman–Crippen LogP) is 3.05. The van der Waals surface area contributed by atoms with Gasteiger partial charge in [0, 0.05) is 68.4 Å². The highest BCUT2D eigenvalue weighted by Crippen LogP contribution is 2.33. The standard InChI is InChI=1S/C23H33N3O2/c1-17(2)24-13-15-26(16-14-24)23(28)20-9-11-25(12-10-20)21-7-5-19(6-8-21)22(27)18-3-4-18/h5-8,17-18,20H,3-4,9-16H2,1-2H3. The van der Waals surface area contributed by atoms with Crippen LogP contribution < -0.4 is 4.90 Å². The normalized spacial score (nSPS) is 22.0. The van der Waals surface area contributed by atoms with Gasteiger partial charge in [0.15, 0.2) is 5.78 Å². The highest BCUT2D eigenvalue weighted by Gasteiger charge is 2.32. The first kappa shape index (κ1) is 19.4. The largest absolute Gasteiger partial charge is 0.371 e. The number of piperazine rings is 1. The molecule has 2 heterocycles. The van der Waals surface area contributed by atoms with Crippen molar-refractivity contribution in [2.24, 2.45) is 11.8 Å². The van der Waals surface area contributed by atoms with E-state index >= 15 is 0 Å². The monoisotopic (exact) mass is 383 g/mol. The summed E-state index contributed by atoms with van der Waals surface area (Å²) >= 11 is 0. The third-order valence-electron chi connectivity index (χ3n) is 6.67. The van der Waals surface area contributed by atoms with E-state index in [4.69, 9.17) is 0 Å². The molecular weight excluding hydrogens is 350 g/mol.